The van der Waals surface area contributed by atoms with Gasteiger partial charge < -0.3 is 4.74 Å². The first-order valence-electron chi connectivity index (χ1n) is 8.83. The minimum Gasteiger partial charge on any atom is -0.491 e. The summed E-state index contributed by atoms with van der Waals surface area (Å²) in [5, 5.41) is 6.91. The summed E-state index contributed by atoms with van der Waals surface area (Å²) in [4.78, 5) is 10.2. The van der Waals surface area contributed by atoms with Crippen LogP contribution in [0.2, 0.25) is 5.02 Å². The summed E-state index contributed by atoms with van der Waals surface area (Å²) in [5.41, 5.74) is 0.834. The molecule has 140 valence electrons. The second kappa shape index (κ2) is 7.68. The standard InChI is InChI=1S/C20H21ClN4O2/c1-24-20(13-25-15-22-14-23-25,16-5-3-2-4-6-16)11-19(27-24)12-26-18-9-7-17(21)8-10-18/h2-10,14-15,19H,11-13H2,1H3. The van der Waals surface area contributed by atoms with Crippen LogP contribution in [-0.2, 0) is 16.9 Å². The maximum Gasteiger partial charge on any atom is 0.137 e. The van der Waals surface area contributed by atoms with Crippen molar-refractivity contribution in [1.82, 2.24) is 19.8 Å². The molecule has 2 atom stereocenters. The van der Waals surface area contributed by atoms with Crippen LogP contribution in [0, 0.1) is 0 Å². The van der Waals surface area contributed by atoms with E-state index in [0.29, 0.717) is 18.2 Å². The van der Waals surface area contributed by atoms with Crippen molar-refractivity contribution >= 4 is 11.6 Å². The molecule has 6 nitrogen and oxygen atoms in total. The fourth-order valence-corrected chi connectivity index (χ4v) is 3.69. The normalized spacial score (nSPS) is 22.8. The number of nitrogens with zero attached hydrogens (tertiary/aromatic N) is 4. The van der Waals surface area contributed by atoms with Crippen LogP contribution in [0.1, 0.15) is 12.0 Å². The van der Waals surface area contributed by atoms with Crippen LogP contribution >= 0.6 is 11.6 Å². The molecular formula is C20H21ClN4O2. The number of aromatic nitrogens is 3. The minimum absolute atomic E-state index is 0.0746. The molecule has 0 amide bonds. The van der Waals surface area contributed by atoms with E-state index in [9.17, 15) is 0 Å². The molecule has 1 saturated heterocycles. The largest absolute Gasteiger partial charge is 0.491 e. The van der Waals surface area contributed by atoms with Gasteiger partial charge in [-0.1, -0.05) is 41.9 Å². The molecule has 0 radical (unpaired) electrons. The number of likely N-dealkylation sites (N-methyl/N-ethyl adjacent to an activating group) is 1. The van der Waals surface area contributed by atoms with Crippen LogP contribution in [0.25, 0.3) is 0 Å². The number of benzene rings is 2. The van der Waals surface area contributed by atoms with Crippen LogP contribution in [0.15, 0.2) is 67.3 Å². The maximum atomic E-state index is 6.15. The van der Waals surface area contributed by atoms with E-state index >= 15 is 0 Å². The van der Waals surface area contributed by atoms with E-state index in [1.165, 1.54) is 5.56 Å². The van der Waals surface area contributed by atoms with Gasteiger partial charge in [0.15, 0.2) is 0 Å². The highest BCUT2D eigenvalue weighted by Gasteiger charge is 2.47. The van der Waals surface area contributed by atoms with Gasteiger partial charge in [-0.2, -0.15) is 10.2 Å². The van der Waals surface area contributed by atoms with E-state index in [4.69, 9.17) is 21.2 Å². The summed E-state index contributed by atoms with van der Waals surface area (Å²) in [6.07, 6.45) is 3.99. The third-order valence-corrected chi connectivity index (χ3v) is 5.18. The summed E-state index contributed by atoms with van der Waals surface area (Å²) >= 11 is 5.93. The molecule has 7 heteroatoms. The predicted molar refractivity (Wildman–Crippen MR) is 102 cm³/mol. The predicted octanol–water partition coefficient (Wildman–Crippen LogP) is 3.54. The van der Waals surface area contributed by atoms with Crippen LogP contribution in [0.5, 0.6) is 5.75 Å². The van der Waals surface area contributed by atoms with E-state index < -0.39 is 0 Å². The van der Waals surface area contributed by atoms with Crippen molar-refractivity contribution in [2.75, 3.05) is 13.7 Å². The van der Waals surface area contributed by atoms with E-state index in [-0.39, 0.29) is 11.6 Å². The third-order valence-electron chi connectivity index (χ3n) is 4.93. The van der Waals surface area contributed by atoms with Crippen molar-refractivity contribution in [3.05, 3.63) is 77.8 Å². The van der Waals surface area contributed by atoms with Gasteiger partial charge in [0.05, 0.1) is 12.1 Å². The molecular weight excluding hydrogens is 364 g/mol. The van der Waals surface area contributed by atoms with Gasteiger partial charge in [0.1, 0.15) is 31.1 Å². The molecule has 0 spiro atoms. The number of hydroxylamine groups is 2. The van der Waals surface area contributed by atoms with Crippen LogP contribution < -0.4 is 4.74 Å². The van der Waals surface area contributed by atoms with E-state index in [2.05, 4.69) is 22.2 Å². The molecule has 0 N–H and O–H groups in total. The van der Waals surface area contributed by atoms with Gasteiger partial charge in [-0.3, -0.25) is 9.52 Å². The Balaban J connectivity index is 1.53. The van der Waals surface area contributed by atoms with Crippen molar-refractivity contribution in [3.63, 3.8) is 0 Å². The number of hydrogen-bond donors (Lipinski definition) is 0. The summed E-state index contributed by atoms with van der Waals surface area (Å²) in [5.74, 6) is 0.777. The second-order valence-corrected chi connectivity index (χ2v) is 7.12. The van der Waals surface area contributed by atoms with Gasteiger partial charge in [-0.15, -0.1) is 0 Å². The first-order chi connectivity index (χ1) is 13.2. The number of ether oxygens (including phenoxy) is 1. The average Bonchev–Trinajstić information content (AvgIpc) is 3.31. The van der Waals surface area contributed by atoms with Gasteiger partial charge in [0.2, 0.25) is 0 Å². The quantitative estimate of drug-likeness (QED) is 0.650. The number of halogens is 1. The zero-order chi connectivity index (χ0) is 18.7. The molecule has 27 heavy (non-hydrogen) atoms. The highest BCUT2D eigenvalue weighted by atomic mass is 35.5. The number of rotatable bonds is 6. The maximum absolute atomic E-state index is 6.15. The lowest BCUT2D eigenvalue weighted by Crippen LogP contribution is -2.41. The lowest BCUT2D eigenvalue weighted by molar-refractivity contribution is -0.180. The minimum atomic E-state index is -0.344. The lowest BCUT2D eigenvalue weighted by atomic mass is 9.85. The second-order valence-electron chi connectivity index (χ2n) is 6.68. The highest BCUT2D eigenvalue weighted by Crippen LogP contribution is 2.41. The molecule has 1 aliphatic heterocycles. The molecule has 0 saturated carbocycles. The van der Waals surface area contributed by atoms with Crippen LogP contribution in [0.4, 0.5) is 0 Å². The molecule has 2 aromatic carbocycles. The van der Waals surface area contributed by atoms with Crippen LogP contribution in [0.3, 0.4) is 0 Å². The van der Waals surface area contributed by atoms with E-state index in [1.54, 1.807) is 12.7 Å². The molecule has 2 unspecified atom stereocenters. The van der Waals surface area contributed by atoms with Gasteiger partial charge >= 0.3 is 0 Å². The zero-order valence-electron chi connectivity index (χ0n) is 15.0. The smallest absolute Gasteiger partial charge is 0.137 e. The Labute approximate surface area is 163 Å². The molecule has 1 aromatic heterocycles. The summed E-state index contributed by atoms with van der Waals surface area (Å²) in [6, 6.07) is 17.7. The Morgan fingerprint density at radius 2 is 1.96 bits per heavy atom. The fourth-order valence-electron chi connectivity index (χ4n) is 3.56. The average molecular weight is 385 g/mol. The lowest BCUT2D eigenvalue weighted by Gasteiger charge is -2.34. The Kier molecular flexibility index (Phi) is 5.11. The first-order valence-corrected chi connectivity index (χ1v) is 9.20. The zero-order valence-corrected chi connectivity index (χ0v) is 15.8. The Morgan fingerprint density at radius 1 is 1.19 bits per heavy atom. The molecule has 4 rings (SSSR count). The van der Waals surface area contributed by atoms with Gasteiger partial charge in [-0.25, -0.2) is 4.98 Å². The van der Waals surface area contributed by atoms with Crippen molar-refractivity contribution < 1.29 is 9.57 Å². The summed E-state index contributed by atoms with van der Waals surface area (Å²) < 4.78 is 7.76. The SMILES string of the molecule is CN1OC(COc2ccc(Cl)cc2)CC1(Cn1cncn1)c1ccccc1. The van der Waals surface area contributed by atoms with Crippen molar-refractivity contribution in [3.8, 4) is 5.75 Å². The first kappa shape index (κ1) is 18.0. The summed E-state index contributed by atoms with van der Waals surface area (Å²) in [6.45, 7) is 1.10. The van der Waals surface area contributed by atoms with Gasteiger partial charge in [-0.05, 0) is 29.8 Å². The van der Waals surface area contributed by atoms with E-state index in [1.807, 2.05) is 59.3 Å². The van der Waals surface area contributed by atoms with Crippen molar-refractivity contribution in [2.24, 2.45) is 0 Å². The molecule has 2 heterocycles. The van der Waals surface area contributed by atoms with Gasteiger partial charge in [0, 0.05) is 18.5 Å². The molecule has 1 fully saturated rings. The molecule has 0 aliphatic carbocycles. The number of hydrogen-bond acceptors (Lipinski definition) is 5. The molecule has 1 aliphatic rings. The third kappa shape index (κ3) is 3.83. The topological polar surface area (TPSA) is 52.4 Å². The molecule has 0 bridgehead atoms. The van der Waals surface area contributed by atoms with Crippen molar-refractivity contribution in [2.45, 2.75) is 24.6 Å². The Morgan fingerprint density at radius 3 is 2.67 bits per heavy atom. The Hall–Kier alpha value is -2.41. The summed E-state index contributed by atoms with van der Waals surface area (Å²) in [7, 11) is 1.96. The molecule has 3 aromatic rings. The highest BCUT2D eigenvalue weighted by molar-refractivity contribution is 6.30. The van der Waals surface area contributed by atoms with E-state index in [0.717, 1.165) is 12.2 Å². The monoisotopic (exact) mass is 384 g/mol. The van der Waals surface area contributed by atoms with Crippen molar-refractivity contribution in [1.29, 1.82) is 0 Å². The fraction of sp³-hybridized carbons (Fsp3) is 0.300. The Bertz CT molecular complexity index is 857. The van der Waals surface area contributed by atoms with Crippen LogP contribution in [-0.4, -0.2) is 39.6 Å². The van der Waals surface area contributed by atoms with Gasteiger partial charge in [0.25, 0.3) is 0 Å².